The van der Waals surface area contributed by atoms with Gasteiger partial charge in [-0.3, -0.25) is 0 Å². The average Bonchev–Trinajstić information content (AvgIpc) is 3.64. The predicted molar refractivity (Wildman–Crippen MR) is 191 cm³/mol. The minimum atomic E-state index is -0.0685. The van der Waals surface area contributed by atoms with E-state index in [1.54, 1.807) is 0 Å². The second-order valence-corrected chi connectivity index (χ2v) is 14.2. The van der Waals surface area contributed by atoms with E-state index in [-0.39, 0.29) is 10.8 Å². The molecule has 0 amide bonds. The van der Waals surface area contributed by atoms with Crippen LogP contribution in [0.4, 0.5) is 0 Å². The fourth-order valence-corrected chi connectivity index (χ4v) is 8.05. The monoisotopic (exact) mass is 580 g/mol. The van der Waals surface area contributed by atoms with E-state index < -0.39 is 0 Å². The standard InChI is InChI=1S/C43H36N2/c1-42(2,3)27-22-24-36-32(26-27)40-38(44(36)28-14-7-6-8-15-28)25-23-30-29-16-10-12-20-35(29)45(41(30)40)37-21-13-19-34-39(37)31-17-9-11-18-33(31)43(34,4)5/h6-26H,1-5H3. The minimum absolute atomic E-state index is 0.0332. The third-order valence-electron chi connectivity index (χ3n) is 10.3. The summed E-state index contributed by atoms with van der Waals surface area (Å²) in [6.45, 7) is 11.7. The first kappa shape index (κ1) is 26.3. The van der Waals surface area contributed by atoms with Gasteiger partial charge in [-0.25, -0.2) is 0 Å². The van der Waals surface area contributed by atoms with Crippen LogP contribution in [-0.2, 0) is 10.8 Å². The maximum absolute atomic E-state index is 2.57. The quantitative estimate of drug-likeness (QED) is 0.192. The number of rotatable bonds is 2. The summed E-state index contributed by atoms with van der Waals surface area (Å²) >= 11 is 0. The van der Waals surface area contributed by atoms with Gasteiger partial charge in [-0.05, 0) is 70.1 Å². The van der Waals surface area contributed by atoms with Gasteiger partial charge >= 0.3 is 0 Å². The molecule has 2 heterocycles. The average molecular weight is 581 g/mol. The first-order valence-electron chi connectivity index (χ1n) is 16.0. The third-order valence-corrected chi connectivity index (χ3v) is 10.3. The van der Waals surface area contributed by atoms with Crippen molar-refractivity contribution in [1.29, 1.82) is 0 Å². The molecule has 1 aliphatic rings. The van der Waals surface area contributed by atoms with Crippen LogP contribution in [0.15, 0.2) is 127 Å². The van der Waals surface area contributed by atoms with Gasteiger partial charge < -0.3 is 9.13 Å². The van der Waals surface area contributed by atoms with E-state index in [2.05, 4.69) is 171 Å². The van der Waals surface area contributed by atoms with E-state index in [0.29, 0.717) is 0 Å². The summed E-state index contributed by atoms with van der Waals surface area (Å²) < 4.78 is 5.02. The van der Waals surface area contributed by atoms with Gasteiger partial charge in [0.2, 0.25) is 0 Å². The summed E-state index contributed by atoms with van der Waals surface area (Å²) in [5.74, 6) is 0. The summed E-state index contributed by atoms with van der Waals surface area (Å²) in [4.78, 5) is 0. The lowest BCUT2D eigenvalue weighted by molar-refractivity contribution is 0.591. The van der Waals surface area contributed by atoms with Gasteiger partial charge in [-0.2, -0.15) is 0 Å². The van der Waals surface area contributed by atoms with Crippen LogP contribution in [0.3, 0.4) is 0 Å². The lowest BCUT2D eigenvalue weighted by Crippen LogP contribution is -2.15. The van der Waals surface area contributed by atoms with Crippen LogP contribution >= 0.6 is 0 Å². The Balaban J connectivity index is 1.52. The molecule has 0 bridgehead atoms. The molecule has 0 fully saturated rings. The van der Waals surface area contributed by atoms with Gasteiger partial charge in [-0.15, -0.1) is 0 Å². The molecule has 0 spiro atoms. The van der Waals surface area contributed by atoms with Gasteiger partial charge in [0.05, 0.1) is 27.8 Å². The van der Waals surface area contributed by atoms with E-state index in [1.165, 1.54) is 82.8 Å². The second kappa shape index (κ2) is 8.99. The van der Waals surface area contributed by atoms with Crippen molar-refractivity contribution in [3.63, 3.8) is 0 Å². The number of benzene rings is 6. The zero-order valence-corrected chi connectivity index (χ0v) is 26.5. The molecule has 0 aliphatic heterocycles. The van der Waals surface area contributed by atoms with Crippen LogP contribution in [0.2, 0.25) is 0 Å². The van der Waals surface area contributed by atoms with Gasteiger partial charge in [-0.1, -0.05) is 120 Å². The Morgan fingerprint density at radius 1 is 0.533 bits per heavy atom. The lowest BCUT2D eigenvalue weighted by Gasteiger charge is -2.22. The summed E-state index contributed by atoms with van der Waals surface area (Å²) in [6.07, 6.45) is 0. The molecule has 2 heteroatoms. The normalized spacial score (nSPS) is 14.1. The summed E-state index contributed by atoms with van der Waals surface area (Å²) in [6, 6.07) is 47.5. The molecule has 0 saturated carbocycles. The maximum Gasteiger partial charge on any atom is 0.0641 e. The van der Waals surface area contributed by atoms with Crippen molar-refractivity contribution in [3.8, 4) is 22.5 Å². The molecule has 0 saturated heterocycles. The molecule has 0 unspecified atom stereocenters. The maximum atomic E-state index is 2.57. The van der Waals surface area contributed by atoms with Gasteiger partial charge in [0, 0.05) is 38.2 Å². The Bertz CT molecular complexity index is 2480. The van der Waals surface area contributed by atoms with Crippen LogP contribution in [0.1, 0.15) is 51.3 Å². The van der Waals surface area contributed by atoms with E-state index in [0.717, 1.165) is 0 Å². The smallest absolute Gasteiger partial charge is 0.0641 e. The summed E-state index contributed by atoms with van der Waals surface area (Å²) in [5.41, 5.74) is 14.2. The second-order valence-electron chi connectivity index (χ2n) is 14.2. The summed E-state index contributed by atoms with van der Waals surface area (Å²) in [7, 11) is 0. The van der Waals surface area contributed by atoms with Crippen molar-refractivity contribution in [2.75, 3.05) is 0 Å². The van der Waals surface area contributed by atoms with E-state index in [4.69, 9.17) is 0 Å². The molecule has 218 valence electrons. The van der Waals surface area contributed by atoms with Crippen molar-refractivity contribution in [2.45, 2.75) is 45.4 Å². The largest absolute Gasteiger partial charge is 0.309 e. The number of hydrogen-bond donors (Lipinski definition) is 0. The zero-order valence-electron chi connectivity index (χ0n) is 26.5. The number of nitrogens with zero attached hydrogens (tertiary/aromatic N) is 2. The molecule has 2 aromatic heterocycles. The van der Waals surface area contributed by atoms with Crippen molar-refractivity contribution in [3.05, 3.63) is 144 Å². The molecule has 0 atom stereocenters. The van der Waals surface area contributed by atoms with Crippen molar-refractivity contribution in [2.24, 2.45) is 0 Å². The van der Waals surface area contributed by atoms with Crippen molar-refractivity contribution >= 4 is 43.6 Å². The van der Waals surface area contributed by atoms with Crippen molar-refractivity contribution < 1.29 is 0 Å². The highest BCUT2D eigenvalue weighted by Crippen LogP contribution is 2.52. The number of fused-ring (bicyclic) bond motifs is 10. The molecule has 0 radical (unpaired) electrons. The molecule has 6 aromatic carbocycles. The Hall–Kier alpha value is -5.08. The number of aromatic nitrogens is 2. The molecule has 9 rings (SSSR count). The molecule has 2 nitrogen and oxygen atoms in total. The molecular weight excluding hydrogens is 544 g/mol. The minimum Gasteiger partial charge on any atom is -0.309 e. The number of hydrogen-bond acceptors (Lipinski definition) is 0. The topological polar surface area (TPSA) is 9.86 Å². The fourth-order valence-electron chi connectivity index (χ4n) is 8.05. The van der Waals surface area contributed by atoms with Crippen LogP contribution < -0.4 is 0 Å². The first-order chi connectivity index (χ1) is 21.7. The highest BCUT2D eigenvalue weighted by molar-refractivity contribution is 6.26. The highest BCUT2D eigenvalue weighted by Gasteiger charge is 2.37. The van der Waals surface area contributed by atoms with Gasteiger partial charge in [0.1, 0.15) is 0 Å². The number of para-hydroxylation sites is 2. The molecule has 45 heavy (non-hydrogen) atoms. The predicted octanol–water partition coefficient (Wildman–Crippen LogP) is 11.5. The van der Waals surface area contributed by atoms with Crippen LogP contribution in [0, 0.1) is 0 Å². The highest BCUT2D eigenvalue weighted by atomic mass is 15.0. The SMILES string of the molecule is CC(C)(C)c1ccc2c(c1)c1c(ccc3c4ccccc4n(-c4cccc5c4-c4ccccc4C5(C)C)c31)n2-c1ccccc1. The Morgan fingerprint density at radius 3 is 2.04 bits per heavy atom. The van der Waals surface area contributed by atoms with E-state index >= 15 is 0 Å². The molecule has 1 aliphatic carbocycles. The van der Waals surface area contributed by atoms with Crippen LogP contribution in [0.25, 0.3) is 66.1 Å². The molecular formula is C43H36N2. The van der Waals surface area contributed by atoms with E-state index in [9.17, 15) is 0 Å². The van der Waals surface area contributed by atoms with E-state index in [1.807, 2.05) is 0 Å². The van der Waals surface area contributed by atoms with Gasteiger partial charge in [0.15, 0.2) is 0 Å². The Morgan fingerprint density at radius 2 is 1.22 bits per heavy atom. The van der Waals surface area contributed by atoms with Gasteiger partial charge in [0.25, 0.3) is 0 Å². The third kappa shape index (κ3) is 3.51. The Kier molecular flexibility index (Phi) is 5.26. The zero-order chi connectivity index (χ0) is 30.7. The van der Waals surface area contributed by atoms with Crippen molar-refractivity contribution in [1.82, 2.24) is 9.13 Å². The molecule has 8 aromatic rings. The van der Waals surface area contributed by atoms with Crippen LogP contribution in [-0.4, -0.2) is 9.13 Å². The van der Waals surface area contributed by atoms with Crippen LogP contribution in [0.5, 0.6) is 0 Å². The summed E-state index contributed by atoms with van der Waals surface area (Å²) in [5, 5.41) is 5.17. The fraction of sp³-hybridized carbons (Fsp3) is 0.163. The molecule has 0 N–H and O–H groups in total. The lowest BCUT2D eigenvalue weighted by atomic mass is 9.82. The Labute approximate surface area is 264 Å². The first-order valence-corrected chi connectivity index (χ1v) is 16.0.